The third-order valence-electron chi connectivity index (χ3n) is 6.83. The van der Waals surface area contributed by atoms with Gasteiger partial charge in [0.25, 0.3) is 0 Å². The summed E-state index contributed by atoms with van der Waals surface area (Å²) in [5.41, 5.74) is 7.37. The van der Waals surface area contributed by atoms with E-state index in [-0.39, 0.29) is 0 Å². The Labute approximate surface area is 272 Å². The Morgan fingerprint density at radius 3 is 2.18 bits per heavy atom. The first-order valence-corrected chi connectivity index (χ1v) is 16.7. The van der Waals surface area contributed by atoms with Crippen LogP contribution in [-0.2, 0) is 6.42 Å². The molecule has 1 aromatic heterocycles. The molecule has 3 aromatic carbocycles. The maximum Gasteiger partial charge on any atom is 0.0950 e. The van der Waals surface area contributed by atoms with Gasteiger partial charge in [0, 0.05) is 24.8 Å². The van der Waals surface area contributed by atoms with Crippen LogP contribution in [0.1, 0.15) is 36.8 Å². The van der Waals surface area contributed by atoms with E-state index in [1.165, 1.54) is 57.7 Å². The molecule has 2 nitrogen and oxygen atoms in total. The molecule has 4 heteroatoms. The Bertz CT molecular complexity index is 1570. The first kappa shape index (κ1) is 32.5. The van der Waals surface area contributed by atoms with Crippen LogP contribution in [0.5, 0.6) is 0 Å². The first-order chi connectivity index (χ1) is 21.7. The first-order valence-electron chi connectivity index (χ1n) is 14.9. The fourth-order valence-electron chi connectivity index (χ4n) is 4.38. The smallest absolute Gasteiger partial charge is 0.0950 e. The summed E-state index contributed by atoms with van der Waals surface area (Å²) >= 11 is 3.29. The highest BCUT2D eigenvalue weighted by molar-refractivity contribution is 8.03. The van der Waals surface area contributed by atoms with Crippen LogP contribution in [0.3, 0.4) is 0 Å². The highest BCUT2D eigenvalue weighted by atomic mass is 32.2. The molecule has 0 bridgehead atoms. The number of nitrogens with one attached hydrogen (secondary N) is 1. The summed E-state index contributed by atoms with van der Waals surface area (Å²) in [6.07, 6.45) is 21.7. The normalized spacial score (nSPS) is 12.7. The van der Waals surface area contributed by atoms with E-state index in [4.69, 9.17) is 0 Å². The van der Waals surface area contributed by atoms with Crippen molar-refractivity contribution < 1.29 is 0 Å². The average molecular weight is 613 g/mol. The molecule has 222 valence electrons. The van der Waals surface area contributed by atoms with E-state index in [9.17, 15) is 0 Å². The SMILES string of the molecule is C1#CCCCC=C1.C1=CCC=C1.C=C/C=C\SNc1ccc(-c2ccc(Cc3ccc(N(C)c4cccs4)cc3)cc2)cc1. The second-order valence-electron chi connectivity index (χ2n) is 10.1. The van der Waals surface area contributed by atoms with Gasteiger partial charge in [0.15, 0.2) is 0 Å². The molecule has 4 aromatic rings. The Hall–Kier alpha value is -4.43. The van der Waals surface area contributed by atoms with E-state index < -0.39 is 0 Å². The van der Waals surface area contributed by atoms with Crippen LogP contribution in [0.15, 0.2) is 151 Å². The van der Waals surface area contributed by atoms with Crippen molar-refractivity contribution in [3.05, 3.63) is 162 Å². The van der Waals surface area contributed by atoms with Gasteiger partial charge in [-0.2, -0.15) is 0 Å². The standard InChI is InChI=1S/C28H26N2S2.C7H8.C5H6/c1-3-4-20-32-29-26-15-13-25(14-16-26)24-11-7-22(8-12-24)21-23-9-17-27(18-10-23)30(2)28-6-5-19-31-28;1-2-4-6-7-5-3-1;1-2-4-5-3-1/h3-20,29H,1,21H2,2H3;1-2H,3,5,7H2;1-4H,5H2/b20-4-;;. The summed E-state index contributed by atoms with van der Waals surface area (Å²) in [5, 5.41) is 5.33. The predicted octanol–water partition coefficient (Wildman–Crippen LogP) is 11.8. The predicted molar refractivity (Wildman–Crippen MR) is 198 cm³/mol. The molecule has 0 fully saturated rings. The third-order valence-corrected chi connectivity index (χ3v) is 8.42. The average Bonchev–Trinajstić information content (AvgIpc) is 3.78. The van der Waals surface area contributed by atoms with Gasteiger partial charge in [-0.3, -0.25) is 0 Å². The number of anilines is 3. The third kappa shape index (κ3) is 11.3. The van der Waals surface area contributed by atoms with Gasteiger partial charge in [0.1, 0.15) is 0 Å². The lowest BCUT2D eigenvalue weighted by atomic mass is 10.00. The minimum absolute atomic E-state index is 0.932. The second-order valence-corrected chi connectivity index (χ2v) is 11.8. The molecule has 0 amide bonds. The molecule has 6 rings (SSSR count). The van der Waals surface area contributed by atoms with Gasteiger partial charge in [0.2, 0.25) is 0 Å². The Morgan fingerprint density at radius 2 is 1.57 bits per heavy atom. The minimum Gasteiger partial charge on any atom is -0.336 e. The molecule has 0 unspecified atom stereocenters. The molecule has 0 aliphatic heterocycles. The van der Waals surface area contributed by atoms with E-state index in [1.54, 1.807) is 17.4 Å². The van der Waals surface area contributed by atoms with Gasteiger partial charge >= 0.3 is 0 Å². The van der Waals surface area contributed by atoms with Crippen LogP contribution in [0.4, 0.5) is 16.4 Å². The van der Waals surface area contributed by atoms with Crippen molar-refractivity contribution in [3.8, 4) is 23.0 Å². The molecule has 2 aliphatic rings. The zero-order chi connectivity index (χ0) is 30.7. The Balaban J connectivity index is 0.000000304. The van der Waals surface area contributed by atoms with E-state index in [0.717, 1.165) is 24.9 Å². The Kier molecular flexibility index (Phi) is 14.0. The molecule has 0 saturated heterocycles. The van der Waals surface area contributed by atoms with Crippen molar-refractivity contribution in [2.75, 3.05) is 16.7 Å². The van der Waals surface area contributed by atoms with Crippen LogP contribution in [0.2, 0.25) is 0 Å². The molecule has 1 N–H and O–H groups in total. The van der Waals surface area contributed by atoms with Crippen LogP contribution in [0.25, 0.3) is 11.1 Å². The van der Waals surface area contributed by atoms with E-state index >= 15 is 0 Å². The monoisotopic (exact) mass is 612 g/mol. The molecule has 1 heterocycles. The van der Waals surface area contributed by atoms with Crippen molar-refractivity contribution in [1.29, 1.82) is 0 Å². The van der Waals surface area contributed by atoms with Crippen molar-refractivity contribution in [2.24, 2.45) is 0 Å². The lowest BCUT2D eigenvalue weighted by Gasteiger charge is -2.17. The van der Waals surface area contributed by atoms with E-state index in [1.807, 2.05) is 17.6 Å². The molecular formula is C40H40N2S2. The van der Waals surface area contributed by atoms with Crippen LogP contribution in [0, 0.1) is 11.8 Å². The van der Waals surface area contributed by atoms with Gasteiger partial charge in [-0.15, -0.1) is 11.3 Å². The molecule has 0 saturated carbocycles. The maximum atomic E-state index is 3.67. The van der Waals surface area contributed by atoms with Gasteiger partial charge < -0.3 is 9.62 Å². The lowest BCUT2D eigenvalue weighted by Crippen LogP contribution is -2.07. The molecular weight excluding hydrogens is 573 g/mol. The fraction of sp³-hybridized carbons (Fsp3) is 0.150. The highest BCUT2D eigenvalue weighted by Crippen LogP contribution is 2.28. The largest absolute Gasteiger partial charge is 0.336 e. The summed E-state index contributed by atoms with van der Waals surface area (Å²) in [4.78, 5) is 2.22. The van der Waals surface area contributed by atoms with Crippen LogP contribution >= 0.6 is 23.3 Å². The summed E-state index contributed by atoms with van der Waals surface area (Å²) < 4.78 is 3.29. The van der Waals surface area contributed by atoms with E-state index in [0.29, 0.717) is 0 Å². The summed E-state index contributed by atoms with van der Waals surface area (Å²) in [7, 11) is 2.11. The zero-order valence-corrected chi connectivity index (χ0v) is 27.0. The van der Waals surface area contributed by atoms with Gasteiger partial charge in [-0.1, -0.05) is 109 Å². The van der Waals surface area contributed by atoms with Crippen molar-refractivity contribution in [1.82, 2.24) is 0 Å². The van der Waals surface area contributed by atoms with Crippen molar-refractivity contribution in [3.63, 3.8) is 0 Å². The number of nitrogens with zero attached hydrogens (tertiary/aromatic N) is 1. The summed E-state index contributed by atoms with van der Waals surface area (Å²) in [5.74, 6) is 5.93. The van der Waals surface area contributed by atoms with Crippen molar-refractivity contribution >= 4 is 39.7 Å². The quantitative estimate of drug-likeness (QED) is 0.115. The highest BCUT2D eigenvalue weighted by Gasteiger charge is 2.05. The van der Waals surface area contributed by atoms with Crippen LogP contribution < -0.4 is 9.62 Å². The van der Waals surface area contributed by atoms with Gasteiger partial charge in [-0.25, -0.2) is 0 Å². The molecule has 2 aliphatic carbocycles. The number of hydrogen-bond acceptors (Lipinski definition) is 4. The van der Waals surface area contributed by atoms with E-state index in [2.05, 4.69) is 156 Å². The number of hydrogen-bond donors (Lipinski definition) is 1. The lowest BCUT2D eigenvalue weighted by molar-refractivity contribution is 0.890. The van der Waals surface area contributed by atoms with Gasteiger partial charge in [0.05, 0.1) is 5.00 Å². The second kappa shape index (κ2) is 19.0. The minimum atomic E-state index is 0.932. The molecule has 0 atom stereocenters. The number of benzene rings is 3. The number of rotatable bonds is 9. The Morgan fingerprint density at radius 1 is 0.886 bits per heavy atom. The molecule has 0 spiro atoms. The molecule has 0 radical (unpaired) electrons. The zero-order valence-electron chi connectivity index (χ0n) is 25.4. The van der Waals surface area contributed by atoms with Crippen LogP contribution in [-0.4, -0.2) is 7.05 Å². The fourth-order valence-corrected chi connectivity index (χ4v) is 5.63. The summed E-state index contributed by atoms with van der Waals surface area (Å²) in [6, 6.07) is 30.4. The van der Waals surface area contributed by atoms with Gasteiger partial charge in [-0.05, 0) is 113 Å². The molecule has 44 heavy (non-hydrogen) atoms. The summed E-state index contributed by atoms with van der Waals surface area (Å²) in [6.45, 7) is 3.67. The topological polar surface area (TPSA) is 15.3 Å². The number of thiophene rings is 1. The number of allylic oxidation sites excluding steroid dienone is 8. The van der Waals surface area contributed by atoms with Crippen molar-refractivity contribution in [2.45, 2.75) is 32.1 Å². The maximum absolute atomic E-state index is 3.67.